The maximum atomic E-state index is 12.7. The smallest absolute Gasteiger partial charge is 0.339 e. The molecule has 0 atom stereocenters. The fourth-order valence-electron chi connectivity index (χ4n) is 3.30. The number of aromatic nitrogens is 1. The largest absolute Gasteiger partial charge is 0.497 e. The molecule has 4 aromatic rings. The molecule has 0 radical (unpaired) electrons. The SMILES string of the molecule is COc1ccc2c(C)c(CCC(=O)N(C)c3nc4ccccc4s3)c(=O)oc2c1. The molecule has 0 aliphatic heterocycles. The molecule has 0 bridgehead atoms. The summed E-state index contributed by atoms with van der Waals surface area (Å²) in [5, 5.41) is 1.48. The zero-order valence-corrected chi connectivity index (χ0v) is 17.2. The van der Waals surface area contributed by atoms with Crippen molar-refractivity contribution in [3.63, 3.8) is 0 Å². The molecular formula is C22H20N2O4S. The Labute approximate surface area is 171 Å². The molecule has 148 valence electrons. The highest BCUT2D eigenvalue weighted by atomic mass is 32.1. The summed E-state index contributed by atoms with van der Waals surface area (Å²) >= 11 is 1.47. The van der Waals surface area contributed by atoms with Gasteiger partial charge in [-0.2, -0.15) is 0 Å². The van der Waals surface area contributed by atoms with E-state index in [4.69, 9.17) is 9.15 Å². The molecule has 0 unspecified atom stereocenters. The zero-order chi connectivity index (χ0) is 20.5. The number of carbonyl (C=O) groups excluding carboxylic acids is 1. The average molecular weight is 408 g/mol. The highest BCUT2D eigenvalue weighted by molar-refractivity contribution is 7.22. The first-order chi connectivity index (χ1) is 14.0. The summed E-state index contributed by atoms with van der Waals surface area (Å²) in [5.74, 6) is 0.526. The van der Waals surface area contributed by atoms with E-state index in [2.05, 4.69) is 4.98 Å². The van der Waals surface area contributed by atoms with Crippen molar-refractivity contribution in [1.82, 2.24) is 4.98 Å². The van der Waals surface area contributed by atoms with Crippen LogP contribution in [0.4, 0.5) is 5.13 Å². The molecular weight excluding hydrogens is 388 g/mol. The van der Waals surface area contributed by atoms with E-state index in [1.807, 2.05) is 43.3 Å². The number of ether oxygens (including phenoxy) is 1. The Morgan fingerprint density at radius 3 is 2.79 bits per heavy atom. The number of aryl methyl sites for hydroxylation is 1. The molecule has 2 aromatic carbocycles. The van der Waals surface area contributed by atoms with E-state index in [0.717, 1.165) is 21.2 Å². The van der Waals surface area contributed by atoms with Crippen LogP contribution in [0.1, 0.15) is 17.5 Å². The number of methoxy groups -OCH3 is 1. The molecule has 1 amide bonds. The number of amides is 1. The van der Waals surface area contributed by atoms with Gasteiger partial charge in [-0.25, -0.2) is 9.78 Å². The van der Waals surface area contributed by atoms with Gasteiger partial charge in [0.25, 0.3) is 0 Å². The van der Waals surface area contributed by atoms with Crippen LogP contribution < -0.4 is 15.3 Å². The number of nitrogens with zero attached hydrogens (tertiary/aromatic N) is 2. The van der Waals surface area contributed by atoms with Gasteiger partial charge in [0.15, 0.2) is 5.13 Å². The normalized spacial score (nSPS) is 11.1. The minimum Gasteiger partial charge on any atom is -0.497 e. The maximum absolute atomic E-state index is 12.7. The van der Waals surface area contributed by atoms with Crippen LogP contribution in [0.5, 0.6) is 5.75 Å². The lowest BCUT2D eigenvalue weighted by atomic mass is 10.0. The van der Waals surface area contributed by atoms with Crippen LogP contribution in [-0.4, -0.2) is 25.0 Å². The van der Waals surface area contributed by atoms with Crippen LogP contribution in [0.15, 0.2) is 51.7 Å². The van der Waals surface area contributed by atoms with Crippen LogP contribution >= 0.6 is 11.3 Å². The standard InChI is InChI=1S/C22H20N2O4S/c1-13-15-9-8-14(27-3)12-18(15)28-21(26)16(13)10-11-20(25)24(2)22-23-17-6-4-5-7-19(17)29-22/h4-9,12H,10-11H2,1-3H3. The Kier molecular flexibility index (Phi) is 5.07. The Balaban J connectivity index is 1.55. The second-order valence-electron chi connectivity index (χ2n) is 6.77. The van der Waals surface area contributed by atoms with Crippen molar-refractivity contribution in [2.24, 2.45) is 0 Å². The first-order valence-electron chi connectivity index (χ1n) is 9.20. The van der Waals surface area contributed by atoms with Gasteiger partial charge in [0, 0.05) is 30.5 Å². The van der Waals surface area contributed by atoms with Gasteiger partial charge in [-0.3, -0.25) is 9.69 Å². The van der Waals surface area contributed by atoms with Crippen molar-refractivity contribution in [2.75, 3.05) is 19.1 Å². The van der Waals surface area contributed by atoms with E-state index in [0.29, 0.717) is 28.4 Å². The van der Waals surface area contributed by atoms with Gasteiger partial charge in [-0.05, 0) is 43.2 Å². The van der Waals surface area contributed by atoms with Gasteiger partial charge in [-0.1, -0.05) is 23.5 Å². The third-order valence-corrected chi connectivity index (χ3v) is 6.14. The summed E-state index contributed by atoms with van der Waals surface area (Å²) < 4.78 is 11.7. The maximum Gasteiger partial charge on any atom is 0.339 e. The summed E-state index contributed by atoms with van der Waals surface area (Å²) in [6.07, 6.45) is 0.504. The minimum atomic E-state index is -0.418. The highest BCUT2D eigenvalue weighted by Crippen LogP contribution is 2.28. The van der Waals surface area contributed by atoms with E-state index in [9.17, 15) is 9.59 Å². The van der Waals surface area contributed by atoms with E-state index < -0.39 is 5.63 Å². The van der Waals surface area contributed by atoms with Crippen LogP contribution in [0, 0.1) is 6.92 Å². The topological polar surface area (TPSA) is 72.6 Å². The van der Waals surface area contributed by atoms with Crippen LogP contribution in [-0.2, 0) is 11.2 Å². The lowest BCUT2D eigenvalue weighted by molar-refractivity contribution is -0.118. The van der Waals surface area contributed by atoms with Gasteiger partial charge in [0.1, 0.15) is 11.3 Å². The monoisotopic (exact) mass is 408 g/mol. The second kappa shape index (κ2) is 7.67. The molecule has 2 heterocycles. The number of anilines is 1. The number of rotatable bonds is 5. The van der Waals surface area contributed by atoms with Crippen molar-refractivity contribution in [3.05, 3.63) is 64.0 Å². The molecule has 4 rings (SSSR count). The van der Waals surface area contributed by atoms with Crippen molar-refractivity contribution in [2.45, 2.75) is 19.8 Å². The number of thiazole rings is 1. The van der Waals surface area contributed by atoms with E-state index in [1.54, 1.807) is 25.1 Å². The summed E-state index contributed by atoms with van der Waals surface area (Å²) in [6, 6.07) is 13.2. The summed E-state index contributed by atoms with van der Waals surface area (Å²) in [5.41, 5.74) is 2.28. The number of hydrogen-bond acceptors (Lipinski definition) is 6. The first-order valence-corrected chi connectivity index (χ1v) is 10.0. The predicted octanol–water partition coefficient (Wildman–Crippen LogP) is 4.32. The van der Waals surface area contributed by atoms with Crippen molar-refractivity contribution in [3.8, 4) is 5.75 Å². The summed E-state index contributed by atoms with van der Waals surface area (Å²) in [4.78, 5) is 31.2. The highest BCUT2D eigenvalue weighted by Gasteiger charge is 2.18. The molecule has 0 spiro atoms. The van der Waals surface area contributed by atoms with E-state index in [1.165, 1.54) is 11.3 Å². The molecule has 0 aliphatic carbocycles. The summed E-state index contributed by atoms with van der Waals surface area (Å²) in [7, 11) is 3.27. The first kappa shape index (κ1) is 19.1. The van der Waals surface area contributed by atoms with Gasteiger partial charge >= 0.3 is 5.63 Å². The molecule has 0 saturated carbocycles. The van der Waals surface area contributed by atoms with Gasteiger partial charge in [0.2, 0.25) is 5.91 Å². The van der Waals surface area contributed by atoms with E-state index >= 15 is 0 Å². The van der Waals surface area contributed by atoms with E-state index in [-0.39, 0.29) is 12.3 Å². The summed E-state index contributed by atoms with van der Waals surface area (Å²) in [6.45, 7) is 1.88. The van der Waals surface area contributed by atoms with Gasteiger partial charge < -0.3 is 9.15 Å². The lowest BCUT2D eigenvalue weighted by Crippen LogP contribution is -2.27. The molecule has 7 heteroatoms. The average Bonchev–Trinajstić information content (AvgIpc) is 3.16. The molecule has 6 nitrogen and oxygen atoms in total. The third-order valence-electron chi connectivity index (χ3n) is 5.03. The third kappa shape index (κ3) is 3.61. The molecule has 0 N–H and O–H groups in total. The molecule has 0 saturated heterocycles. The Bertz CT molecular complexity index is 1240. The van der Waals surface area contributed by atoms with Crippen molar-refractivity contribution in [1.29, 1.82) is 0 Å². The zero-order valence-electron chi connectivity index (χ0n) is 16.4. The van der Waals surface area contributed by atoms with Gasteiger partial charge in [0.05, 0.1) is 17.3 Å². The predicted molar refractivity (Wildman–Crippen MR) is 115 cm³/mol. The Morgan fingerprint density at radius 2 is 2.03 bits per heavy atom. The van der Waals surface area contributed by atoms with Crippen molar-refractivity contribution >= 4 is 43.6 Å². The fourth-order valence-corrected chi connectivity index (χ4v) is 4.24. The molecule has 0 aliphatic rings. The number of fused-ring (bicyclic) bond motifs is 2. The van der Waals surface area contributed by atoms with Crippen LogP contribution in [0.25, 0.3) is 21.2 Å². The number of para-hydroxylation sites is 1. The molecule has 29 heavy (non-hydrogen) atoms. The lowest BCUT2D eigenvalue weighted by Gasteiger charge is -2.14. The molecule has 2 aromatic heterocycles. The minimum absolute atomic E-state index is 0.0994. The Morgan fingerprint density at radius 1 is 1.24 bits per heavy atom. The fraction of sp³-hybridized carbons (Fsp3) is 0.227. The number of hydrogen-bond donors (Lipinski definition) is 0. The van der Waals surface area contributed by atoms with Gasteiger partial charge in [-0.15, -0.1) is 0 Å². The number of benzene rings is 2. The number of carbonyl (C=O) groups is 1. The Hall–Kier alpha value is -3.19. The second-order valence-corrected chi connectivity index (χ2v) is 7.78. The van der Waals surface area contributed by atoms with Crippen LogP contribution in [0.3, 0.4) is 0 Å². The van der Waals surface area contributed by atoms with Crippen LogP contribution in [0.2, 0.25) is 0 Å². The molecule has 0 fully saturated rings. The van der Waals surface area contributed by atoms with Crippen molar-refractivity contribution < 1.29 is 13.9 Å². The quantitative estimate of drug-likeness (QED) is 0.460.